The third-order valence-electron chi connectivity index (χ3n) is 4.02. The Kier molecular flexibility index (Phi) is 4.74. The summed E-state index contributed by atoms with van der Waals surface area (Å²) in [7, 11) is 0. The van der Waals surface area contributed by atoms with Gasteiger partial charge >= 0.3 is 0 Å². The highest BCUT2D eigenvalue weighted by molar-refractivity contribution is 5.81. The molecule has 1 heterocycles. The first kappa shape index (κ1) is 16.0. The lowest BCUT2D eigenvalue weighted by atomic mass is 10.2. The molecule has 0 N–H and O–H groups in total. The summed E-state index contributed by atoms with van der Waals surface area (Å²) in [5, 5.41) is 8.20. The molecular formula is C18H20N4O2. The van der Waals surface area contributed by atoms with Crippen LogP contribution in [0.1, 0.15) is 24.2 Å². The summed E-state index contributed by atoms with van der Waals surface area (Å²) in [4.78, 5) is 13.5. The van der Waals surface area contributed by atoms with Gasteiger partial charge in [-0.2, -0.15) is 0 Å². The highest BCUT2D eigenvalue weighted by Crippen LogP contribution is 2.25. The Labute approximate surface area is 140 Å². The van der Waals surface area contributed by atoms with Crippen LogP contribution in [0.25, 0.3) is 11.0 Å². The molecule has 1 aromatic heterocycles. The van der Waals surface area contributed by atoms with E-state index in [1.54, 1.807) is 10.7 Å². The molecule has 6 nitrogen and oxygen atoms in total. The van der Waals surface area contributed by atoms with Crippen LogP contribution >= 0.6 is 0 Å². The number of ether oxygens (including phenoxy) is 1. The van der Waals surface area contributed by atoms with Crippen molar-refractivity contribution < 1.29 is 9.53 Å². The van der Waals surface area contributed by atoms with Gasteiger partial charge in [-0.25, -0.2) is 4.68 Å². The molecule has 0 aliphatic heterocycles. The van der Waals surface area contributed by atoms with E-state index in [1.165, 1.54) is 0 Å². The molecule has 0 atom stereocenters. The molecule has 124 valence electrons. The Bertz CT molecular complexity index is 840. The van der Waals surface area contributed by atoms with Crippen LogP contribution in [0, 0.1) is 0 Å². The quantitative estimate of drug-likeness (QED) is 0.625. The van der Waals surface area contributed by atoms with Crippen LogP contribution < -0.4 is 9.64 Å². The van der Waals surface area contributed by atoms with E-state index in [4.69, 9.17) is 4.74 Å². The number of aromatic nitrogens is 3. The Morgan fingerprint density at radius 1 is 1.17 bits per heavy atom. The van der Waals surface area contributed by atoms with Gasteiger partial charge in [0.15, 0.2) is 13.0 Å². The van der Waals surface area contributed by atoms with Crippen LogP contribution in [0.4, 0.5) is 5.69 Å². The molecule has 0 saturated heterocycles. The predicted molar refractivity (Wildman–Crippen MR) is 93.5 cm³/mol. The number of anilines is 1. The average molecular weight is 324 g/mol. The van der Waals surface area contributed by atoms with E-state index >= 15 is 0 Å². The normalized spacial score (nSPS) is 10.8. The van der Waals surface area contributed by atoms with E-state index in [0.29, 0.717) is 11.3 Å². The number of para-hydroxylation sites is 1. The third kappa shape index (κ3) is 3.08. The summed E-state index contributed by atoms with van der Waals surface area (Å²) in [6.07, 6.45) is 0.806. The fourth-order valence-electron chi connectivity index (χ4n) is 2.67. The molecule has 0 saturated carbocycles. The van der Waals surface area contributed by atoms with Crippen LogP contribution in [0.15, 0.2) is 42.5 Å². The van der Waals surface area contributed by atoms with Crippen molar-refractivity contribution in [2.24, 2.45) is 0 Å². The Morgan fingerprint density at radius 2 is 1.96 bits per heavy atom. The van der Waals surface area contributed by atoms with Crippen LogP contribution in [-0.4, -0.2) is 34.4 Å². The fraction of sp³-hybridized carbons (Fsp3) is 0.278. The largest absolute Gasteiger partial charge is 0.470 e. The third-order valence-corrected chi connectivity index (χ3v) is 4.02. The summed E-state index contributed by atoms with van der Waals surface area (Å²) >= 11 is 0. The van der Waals surface area contributed by atoms with E-state index < -0.39 is 0 Å². The van der Waals surface area contributed by atoms with Crippen molar-refractivity contribution in [3.63, 3.8) is 0 Å². The number of aldehydes is 1. The van der Waals surface area contributed by atoms with Gasteiger partial charge in [-0.15, -0.1) is 5.10 Å². The summed E-state index contributed by atoms with van der Waals surface area (Å²) in [6, 6.07) is 13.3. The van der Waals surface area contributed by atoms with Gasteiger partial charge in [0.2, 0.25) is 0 Å². The Hall–Kier alpha value is -2.89. The van der Waals surface area contributed by atoms with Crippen molar-refractivity contribution in [3.8, 4) is 5.75 Å². The number of carbonyl (C=O) groups excluding carboxylic acids is 1. The lowest BCUT2D eigenvalue weighted by molar-refractivity contribution is 0.111. The molecule has 6 heteroatoms. The van der Waals surface area contributed by atoms with Gasteiger partial charge < -0.3 is 9.64 Å². The summed E-state index contributed by atoms with van der Waals surface area (Å²) in [6.45, 7) is 6.18. The second-order valence-electron chi connectivity index (χ2n) is 5.36. The molecule has 0 spiro atoms. The summed E-state index contributed by atoms with van der Waals surface area (Å²) in [5.41, 5.74) is 3.26. The SMILES string of the molecule is CCN(CC)c1ccc(C=O)c(OCn2nnc3ccccc32)c1. The lowest BCUT2D eigenvalue weighted by Crippen LogP contribution is -2.21. The number of rotatable bonds is 7. The van der Waals surface area contributed by atoms with Gasteiger partial charge in [-0.1, -0.05) is 17.3 Å². The average Bonchev–Trinajstić information content (AvgIpc) is 3.04. The van der Waals surface area contributed by atoms with E-state index in [2.05, 4.69) is 29.1 Å². The second kappa shape index (κ2) is 7.12. The predicted octanol–water partition coefficient (Wildman–Crippen LogP) is 3.13. The molecule has 0 unspecified atom stereocenters. The number of benzene rings is 2. The number of hydrogen-bond donors (Lipinski definition) is 0. The van der Waals surface area contributed by atoms with Gasteiger partial charge in [-0.05, 0) is 38.1 Å². The monoisotopic (exact) mass is 324 g/mol. The number of hydrogen-bond acceptors (Lipinski definition) is 5. The molecule has 24 heavy (non-hydrogen) atoms. The molecule has 3 aromatic rings. The maximum absolute atomic E-state index is 11.3. The van der Waals surface area contributed by atoms with Gasteiger partial charge in [0.05, 0.1) is 11.1 Å². The smallest absolute Gasteiger partial charge is 0.183 e. The summed E-state index contributed by atoms with van der Waals surface area (Å²) in [5.74, 6) is 0.550. The first-order valence-corrected chi connectivity index (χ1v) is 8.02. The van der Waals surface area contributed by atoms with Gasteiger partial charge in [0, 0.05) is 24.8 Å². The van der Waals surface area contributed by atoms with E-state index in [9.17, 15) is 4.79 Å². The minimum Gasteiger partial charge on any atom is -0.470 e. The molecule has 0 fully saturated rings. The van der Waals surface area contributed by atoms with Crippen molar-refractivity contribution >= 4 is 23.0 Å². The maximum atomic E-state index is 11.3. The van der Waals surface area contributed by atoms with Crippen molar-refractivity contribution in [1.29, 1.82) is 0 Å². The number of nitrogens with zero attached hydrogens (tertiary/aromatic N) is 4. The van der Waals surface area contributed by atoms with E-state index in [-0.39, 0.29) is 6.73 Å². The lowest BCUT2D eigenvalue weighted by Gasteiger charge is -2.22. The molecule has 0 aliphatic rings. The molecule has 2 aromatic carbocycles. The number of carbonyl (C=O) groups is 1. The van der Waals surface area contributed by atoms with Gasteiger partial charge in [-0.3, -0.25) is 4.79 Å². The maximum Gasteiger partial charge on any atom is 0.183 e. The van der Waals surface area contributed by atoms with E-state index in [0.717, 1.165) is 36.1 Å². The standard InChI is InChI=1S/C18H20N4O2/c1-3-21(4-2)15-10-9-14(12-23)18(11-15)24-13-22-17-8-6-5-7-16(17)19-20-22/h5-12H,3-4,13H2,1-2H3. The van der Waals surface area contributed by atoms with Crippen LogP contribution in [0.3, 0.4) is 0 Å². The first-order valence-electron chi connectivity index (χ1n) is 8.02. The Balaban J connectivity index is 1.85. The van der Waals surface area contributed by atoms with E-state index in [1.807, 2.05) is 36.4 Å². The zero-order chi connectivity index (χ0) is 16.9. The summed E-state index contributed by atoms with van der Waals surface area (Å²) < 4.78 is 7.54. The van der Waals surface area contributed by atoms with Crippen molar-refractivity contribution in [2.45, 2.75) is 20.6 Å². The molecule has 0 radical (unpaired) electrons. The zero-order valence-corrected chi connectivity index (χ0v) is 13.8. The molecule has 0 bridgehead atoms. The topological polar surface area (TPSA) is 60.2 Å². The minimum absolute atomic E-state index is 0.197. The van der Waals surface area contributed by atoms with Crippen molar-refractivity contribution in [2.75, 3.05) is 18.0 Å². The minimum atomic E-state index is 0.197. The highest BCUT2D eigenvalue weighted by Gasteiger charge is 2.10. The van der Waals surface area contributed by atoms with Crippen LogP contribution in [-0.2, 0) is 6.73 Å². The highest BCUT2D eigenvalue weighted by atomic mass is 16.5. The van der Waals surface area contributed by atoms with Gasteiger partial charge in [0.1, 0.15) is 11.3 Å². The zero-order valence-electron chi connectivity index (χ0n) is 13.8. The molecule has 0 aliphatic carbocycles. The first-order chi connectivity index (χ1) is 11.8. The molecule has 0 amide bonds. The second-order valence-corrected chi connectivity index (χ2v) is 5.36. The molecular weight excluding hydrogens is 304 g/mol. The van der Waals surface area contributed by atoms with Crippen molar-refractivity contribution in [1.82, 2.24) is 15.0 Å². The van der Waals surface area contributed by atoms with Gasteiger partial charge in [0.25, 0.3) is 0 Å². The number of fused-ring (bicyclic) bond motifs is 1. The molecule has 3 rings (SSSR count). The Morgan fingerprint density at radius 3 is 2.71 bits per heavy atom. The van der Waals surface area contributed by atoms with Crippen LogP contribution in [0.5, 0.6) is 5.75 Å². The van der Waals surface area contributed by atoms with Crippen LogP contribution in [0.2, 0.25) is 0 Å². The van der Waals surface area contributed by atoms with Crippen molar-refractivity contribution in [3.05, 3.63) is 48.0 Å². The fourth-order valence-corrected chi connectivity index (χ4v) is 2.67.